The zero-order chi connectivity index (χ0) is 6.53. The van der Waals surface area contributed by atoms with Gasteiger partial charge in [0.05, 0.1) is 5.69 Å². The van der Waals surface area contributed by atoms with Gasteiger partial charge in [0.25, 0.3) is 0 Å². The highest BCUT2D eigenvalue weighted by atomic mass is 14.8. The molecule has 9 heavy (non-hydrogen) atoms. The molecular formula is C6H7N3. The molecule has 46 valence electrons. The van der Waals surface area contributed by atoms with Gasteiger partial charge in [-0.25, -0.2) is 0 Å². The van der Waals surface area contributed by atoms with Gasteiger partial charge in [-0.05, 0) is 6.07 Å². The van der Waals surface area contributed by atoms with E-state index in [1.807, 2.05) is 6.07 Å². The van der Waals surface area contributed by atoms with E-state index in [1.54, 1.807) is 12.4 Å². The Kier molecular flexibility index (Phi) is 1.80. The first-order valence-corrected chi connectivity index (χ1v) is 2.59. The summed E-state index contributed by atoms with van der Waals surface area (Å²) in [6.07, 6.45) is 6.13. The second-order valence-corrected chi connectivity index (χ2v) is 1.51. The highest BCUT2D eigenvalue weighted by Gasteiger charge is 1.80. The molecule has 2 N–H and O–H groups in total. The van der Waals surface area contributed by atoms with Crippen molar-refractivity contribution < 1.29 is 0 Å². The molecule has 0 spiro atoms. The van der Waals surface area contributed by atoms with Crippen molar-refractivity contribution in [2.75, 3.05) is 0 Å². The first-order chi connectivity index (χ1) is 4.43. The molecule has 0 saturated carbocycles. The van der Waals surface area contributed by atoms with E-state index < -0.39 is 0 Å². The lowest BCUT2D eigenvalue weighted by Gasteiger charge is -1.76. The molecule has 0 saturated heterocycles. The summed E-state index contributed by atoms with van der Waals surface area (Å²) in [4.78, 5) is 6.74. The van der Waals surface area contributed by atoms with Gasteiger partial charge in [-0.2, -0.15) is 0 Å². The van der Waals surface area contributed by atoms with E-state index >= 15 is 0 Å². The van der Waals surface area contributed by atoms with Crippen molar-refractivity contribution in [3.63, 3.8) is 0 Å². The third kappa shape index (κ3) is 1.53. The Hall–Kier alpha value is -1.38. The van der Waals surface area contributed by atoms with Crippen molar-refractivity contribution in [2.45, 2.75) is 0 Å². The molecule has 0 aliphatic heterocycles. The van der Waals surface area contributed by atoms with Crippen LogP contribution in [0.2, 0.25) is 0 Å². The zero-order valence-corrected chi connectivity index (χ0v) is 4.83. The molecular weight excluding hydrogens is 114 g/mol. The molecule has 1 aromatic rings. The molecule has 1 aromatic heterocycles. The molecule has 0 atom stereocenters. The van der Waals surface area contributed by atoms with Crippen LogP contribution in [0.1, 0.15) is 0 Å². The fourth-order valence-electron chi connectivity index (χ4n) is 0.519. The molecule has 0 unspecified atom stereocenters. The number of hydrogen-bond acceptors (Lipinski definition) is 2. The largest absolute Gasteiger partial charge is 0.366 e. The first kappa shape index (κ1) is 5.75. The van der Waals surface area contributed by atoms with Crippen molar-refractivity contribution in [3.05, 3.63) is 18.5 Å². The Morgan fingerprint density at radius 2 is 2.56 bits per heavy atom. The van der Waals surface area contributed by atoms with Crippen LogP contribution in [-0.2, 0) is 0 Å². The molecule has 1 rings (SSSR count). The molecule has 0 aliphatic carbocycles. The zero-order valence-electron chi connectivity index (χ0n) is 4.83. The van der Waals surface area contributed by atoms with Gasteiger partial charge < -0.3 is 10.4 Å². The molecule has 0 radical (unpaired) electrons. The topological polar surface area (TPSA) is 52.0 Å². The molecule has 0 aliphatic rings. The van der Waals surface area contributed by atoms with Crippen LogP contribution in [0.3, 0.4) is 0 Å². The van der Waals surface area contributed by atoms with Crippen LogP contribution in [-0.4, -0.2) is 17.4 Å². The predicted molar refractivity (Wildman–Crippen MR) is 37.7 cm³/mol. The Labute approximate surface area is 53.0 Å². The first-order valence-electron chi connectivity index (χ1n) is 2.59. The summed E-state index contributed by atoms with van der Waals surface area (Å²) in [7, 11) is 0. The monoisotopic (exact) mass is 121 g/mol. The summed E-state index contributed by atoms with van der Waals surface area (Å²) in [5, 5.41) is 6.62. The Bertz CT molecular complexity index is 198. The number of aliphatic imine (C=N–C) groups is 1. The Morgan fingerprint density at radius 3 is 3.11 bits per heavy atom. The third-order valence-electron chi connectivity index (χ3n) is 0.880. The maximum atomic E-state index is 6.62. The van der Waals surface area contributed by atoms with E-state index in [0.717, 1.165) is 11.9 Å². The van der Waals surface area contributed by atoms with E-state index in [-0.39, 0.29) is 0 Å². The van der Waals surface area contributed by atoms with Crippen LogP contribution >= 0.6 is 0 Å². The molecule has 0 amide bonds. The second-order valence-electron chi connectivity index (χ2n) is 1.51. The average molecular weight is 121 g/mol. The molecule has 0 fully saturated rings. The maximum absolute atomic E-state index is 6.62. The van der Waals surface area contributed by atoms with Crippen molar-refractivity contribution in [1.82, 2.24) is 4.98 Å². The number of nitrogens with one attached hydrogen (secondary N) is 2. The summed E-state index contributed by atoms with van der Waals surface area (Å²) in [5.74, 6) is 0. The molecule has 3 nitrogen and oxygen atoms in total. The number of aromatic amines is 1. The molecule has 1 heterocycles. The average Bonchev–Trinajstić information content (AvgIpc) is 2.34. The van der Waals surface area contributed by atoms with Gasteiger partial charge >= 0.3 is 0 Å². The van der Waals surface area contributed by atoms with E-state index in [2.05, 4.69) is 9.98 Å². The maximum Gasteiger partial charge on any atom is 0.0804 e. The van der Waals surface area contributed by atoms with Crippen molar-refractivity contribution in [1.29, 1.82) is 5.41 Å². The van der Waals surface area contributed by atoms with Crippen molar-refractivity contribution in [2.24, 2.45) is 4.99 Å². The molecule has 0 aromatic carbocycles. The van der Waals surface area contributed by atoms with Crippen LogP contribution in [0.25, 0.3) is 0 Å². The van der Waals surface area contributed by atoms with Crippen molar-refractivity contribution in [3.8, 4) is 0 Å². The van der Waals surface area contributed by atoms with Crippen LogP contribution in [0, 0.1) is 5.41 Å². The Balaban J connectivity index is 2.67. The lowest BCUT2D eigenvalue weighted by Crippen LogP contribution is -1.66. The van der Waals surface area contributed by atoms with Gasteiger partial charge in [0.1, 0.15) is 0 Å². The van der Waals surface area contributed by atoms with Crippen LogP contribution in [0.4, 0.5) is 5.69 Å². The van der Waals surface area contributed by atoms with E-state index in [0.29, 0.717) is 0 Å². The van der Waals surface area contributed by atoms with Gasteiger partial charge in [-0.15, -0.1) is 0 Å². The molecule has 0 bridgehead atoms. The van der Waals surface area contributed by atoms with Gasteiger partial charge in [0.2, 0.25) is 0 Å². The summed E-state index contributed by atoms with van der Waals surface area (Å²) in [6.45, 7) is 0. The fourth-order valence-corrected chi connectivity index (χ4v) is 0.519. The minimum absolute atomic E-state index is 0.846. The summed E-state index contributed by atoms with van der Waals surface area (Å²) in [5.41, 5.74) is 0.846. The highest BCUT2D eigenvalue weighted by molar-refractivity contribution is 6.15. The minimum atomic E-state index is 0.846. The van der Waals surface area contributed by atoms with E-state index in [9.17, 15) is 0 Å². The van der Waals surface area contributed by atoms with Gasteiger partial charge in [-0.1, -0.05) is 0 Å². The smallest absolute Gasteiger partial charge is 0.0804 e. The van der Waals surface area contributed by atoms with Gasteiger partial charge in [-0.3, -0.25) is 4.99 Å². The van der Waals surface area contributed by atoms with Crippen molar-refractivity contribution >= 4 is 18.1 Å². The third-order valence-corrected chi connectivity index (χ3v) is 0.880. The fraction of sp³-hybridized carbons (Fsp3) is 0. The number of aromatic nitrogens is 1. The highest BCUT2D eigenvalue weighted by Crippen LogP contribution is 2.06. The van der Waals surface area contributed by atoms with E-state index in [1.165, 1.54) is 6.21 Å². The number of nitrogens with zero attached hydrogens (tertiary/aromatic N) is 1. The quantitative estimate of drug-likeness (QED) is 0.555. The predicted octanol–water partition coefficient (Wildman–Crippen LogP) is 1.37. The molecule has 3 heteroatoms. The van der Waals surface area contributed by atoms with E-state index in [4.69, 9.17) is 5.41 Å². The Morgan fingerprint density at radius 1 is 1.67 bits per heavy atom. The number of H-pyrrole nitrogens is 1. The summed E-state index contributed by atoms with van der Waals surface area (Å²) < 4.78 is 0. The van der Waals surface area contributed by atoms with Crippen LogP contribution in [0.5, 0.6) is 0 Å². The number of hydrogen-bond donors (Lipinski definition) is 2. The lowest BCUT2D eigenvalue weighted by molar-refractivity contribution is 1.41. The second kappa shape index (κ2) is 2.81. The standard InChI is InChI=1S/C6H7N3/c7-2-4-9-6-1-3-8-5-6/h1-5,7-8H. The minimum Gasteiger partial charge on any atom is -0.366 e. The lowest BCUT2D eigenvalue weighted by atomic mass is 10.5. The van der Waals surface area contributed by atoms with Crippen LogP contribution < -0.4 is 0 Å². The summed E-state index contributed by atoms with van der Waals surface area (Å²) >= 11 is 0. The number of rotatable bonds is 2. The summed E-state index contributed by atoms with van der Waals surface area (Å²) in [6, 6.07) is 1.83. The van der Waals surface area contributed by atoms with Gasteiger partial charge in [0, 0.05) is 24.8 Å². The van der Waals surface area contributed by atoms with Gasteiger partial charge in [0.15, 0.2) is 0 Å². The SMILES string of the molecule is N=CC=Nc1cc[nH]c1. The normalized spacial score (nSPS) is 10.2. The van der Waals surface area contributed by atoms with Crippen LogP contribution in [0.15, 0.2) is 23.5 Å².